The van der Waals surface area contributed by atoms with Gasteiger partial charge >= 0.3 is 5.97 Å². The van der Waals surface area contributed by atoms with E-state index in [1.807, 2.05) is 0 Å². The predicted octanol–water partition coefficient (Wildman–Crippen LogP) is 19.9. The van der Waals surface area contributed by atoms with Crippen LogP contribution in [0.3, 0.4) is 0 Å². The molecule has 69 heavy (non-hydrogen) atoms. The van der Waals surface area contributed by atoms with Crippen molar-refractivity contribution in [1.82, 2.24) is 5.32 Å². The number of carbonyl (C=O) groups is 2. The van der Waals surface area contributed by atoms with Crippen LogP contribution in [0.15, 0.2) is 0 Å². The molecule has 0 rings (SSSR count). The molecule has 0 aliphatic rings. The van der Waals surface area contributed by atoms with Crippen molar-refractivity contribution in [3.8, 4) is 0 Å². The van der Waals surface area contributed by atoms with Gasteiger partial charge in [-0.15, -0.1) is 0 Å². The molecule has 1 amide bonds. The minimum absolute atomic E-state index is 0.0111. The van der Waals surface area contributed by atoms with Crippen molar-refractivity contribution in [1.29, 1.82) is 0 Å². The quantitative estimate of drug-likeness (QED) is 0.0417. The predicted molar refractivity (Wildman–Crippen MR) is 301 cm³/mol. The molecule has 0 aromatic carbocycles. The monoisotopic (exact) mass is 976 g/mol. The molecular formula is C63H125NO5. The first-order chi connectivity index (χ1) is 34.0. The molecule has 0 aromatic heterocycles. The van der Waals surface area contributed by atoms with E-state index in [0.29, 0.717) is 25.9 Å². The minimum atomic E-state index is -0.666. The maximum absolute atomic E-state index is 12.5. The minimum Gasteiger partial charge on any atom is -0.466 e. The molecule has 2 atom stereocenters. The highest BCUT2D eigenvalue weighted by Gasteiger charge is 2.20. The Balaban J connectivity index is 3.39. The van der Waals surface area contributed by atoms with Crippen LogP contribution in [0.4, 0.5) is 0 Å². The van der Waals surface area contributed by atoms with E-state index in [2.05, 4.69) is 19.2 Å². The summed E-state index contributed by atoms with van der Waals surface area (Å²) in [6, 6.07) is -0.543. The summed E-state index contributed by atoms with van der Waals surface area (Å²) in [6.07, 6.45) is 69.7. The number of carbonyl (C=O) groups excluding carboxylic acids is 2. The zero-order valence-corrected chi connectivity index (χ0v) is 47.1. The van der Waals surface area contributed by atoms with E-state index in [4.69, 9.17) is 4.74 Å². The third kappa shape index (κ3) is 56.0. The fraction of sp³-hybridized carbons (Fsp3) is 0.968. The van der Waals surface area contributed by atoms with Crippen molar-refractivity contribution < 1.29 is 24.5 Å². The summed E-state index contributed by atoms with van der Waals surface area (Å²) in [5.41, 5.74) is 0. The molecule has 0 aliphatic carbocycles. The summed E-state index contributed by atoms with van der Waals surface area (Å²) in [7, 11) is 0. The summed E-state index contributed by atoms with van der Waals surface area (Å²) in [5.74, 6) is -0.0220. The Labute approximate surface area is 432 Å². The van der Waals surface area contributed by atoms with Crippen LogP contribution >= 0.6 is 0 Å². The van der Waals surface area contributed by atoms with E-state index in [1.54, 1.807) is 0 Å². The molecule has 0 saturated heterocycles. The lowest BCUT2D eigenvalue weighted by atomic mass is 10.0. The van der Waals surface area contributed by atoms with Gasteiger partial charge in [-0.2, -0.15) is 0 Å². The first-order valence-electron chi connectivity index (χ1n) is 31.8. The summed E-state index contributed by atoms with van der Waals surface area (Å²) < 4.78 is 5.47. The standard InChI is InChI=1S/C63H125NO5/c1-3-5-7-9-11-13-15-17-18-19-20-21-23-26-29-32-35-39-43-47-51-55-61(66)60(59-65)64-62(67)56-52-48-44-40-36-33-30-27-24-22-25-28-31-34-38-42-46-50-54-58-69-63(68)57-53-49-45-41-37-16-14-12-10-8-6-4-2/h60-61,65-66H,3-59H2,1-2H3,(H,64,67). The van der Waals surface area contributed by atoms with Crippen LogP contribution in [0.1, 0.15) is 367 Å². The second kappa shape index (κ2) is 59.4. The zero-order valence-electron chi connectivity index (χ0n) is 47.1. The number of amides is 1. The van der Waals surface area contributed by atoms with E-state index >= 15 is 0 Å². The zero-order chi connectivity index (χ0) is 50.0. The lowest BCUT2D eigenvalue weighted by Gasteiger charge is -2.22. The Morgan fingerprint density at radius 2 is 0.594 bits per heavy atom. The average Bonchev–Trinajstić information content (AvgIpc) is 3.35. The largest absolute Gasteiger partial charge is 0.466 e. The second-order valence-electron chi connectivity index (χ2n) is 22.1. The third-order valence-electron chi connectivity index (χ3n) is 15.2. The van der Waals surface area contributed by atoms with Crippen LogP contribution in [0.25, 0.3) is 0 Å². The number of aliphatic hydroxyl groups is 2. The molecule has 0 bridgehead atoms. The van der Waals surface area contributed by atoms with Gasteiger partial charge in [0.2, 0.25) is 5.91 Å². The highest BCUT2D eigenvalue weighted by atomic mass is 16.5. The molecule has 0 radical (unpaired) electrons. The lowest BCUT2D eigenvalue weighted by Crippen LogP contribution is -2.45. The Bertz CT molecular complexity index is 990. The fourth-order valence-electron chi connectivity index (χ4n) is 10.3. The van der Waals surface area contributed by atoms with Crippen LogP contribution in [0, 0.1) is 0 Å². The fourth-order valence-corrected chi connectivity index (χ4v) is 10.3. The molecule has 0 fully saturated rings. The lowest BCUT2D eigenvalue weighted by molar-refractivity contribution is -0.143. The number of hydrogen-bond acceptors (Lipinski definition) is 5. The van der Waals surface area contributed by atoms with Crippen LogP contribution in [0.5, 0.6) is 0 Å². The molecule has 6 heteroatoms. The molecular weight excluding hydrogens is 851 g/mol. The molecule has 0 saturated carbocycles. The molecule has 3 N–H and O–H groups in total. The third-order valence-corrected chi connectivity index (χ3v) is 15.2. The summed E-state index contributed by atoms with van der Waals surface area (Å²) >= 11 is 0. The number of rotatable bonds is 60. The van der Waals surface area contributed by atoms with Crippen LogP contribution < -0.4 is 5.32 Å². The molecule has 412 valence electrons. The van der Waals surface area contributed by atoms with Crippen molar-refractivity contribution in [2.24, 2.45) is 0 Å². The van der Waals surface area contributed by atoms with E-state index in [9.17, 15) is 19.8 Å². The molecule has 0 heterocycles. The summed E-state index contributed by atoms with van der Waals surface area (Å²) in [5, 5.41) is 23.4. The van der Waals surface area contributed by atoms with Crippen LogP contribution in [-0.4, -0.2) is 47.4 Å². The van der Waals surface area contributed by atoms with Gasteiger partial charge in [0, 0.05) is 12.8 Å². The number of aliphatic hydroxyl groups excluding tert-OH is 2. The first kappa shape index (κ1) is 67.9. The van der Waals surface area contributed by atoms with Gasteiger partial charge in [0.1, 0.15) is 0 Å². The van der Waals surface area contributed by atoms with Gasteiger partial charge in [-0.1, -0.05) is 328 Å². The summed E-state index contributed by atoms with van der Waals surface area (Å²) in [4.78, 5) is 24.5. The van der Waals surface area contributed by atoms with E-state index in [1.165, 1.54) is 295 Å². The van der Waals surface area contributed by atoms with E-state index < -0.39 is 12.1 Å². The van der Waals surface area contributed by atoms with E-state index in [-0.39, 0.29) is 18.5 Å². The molecule has 0 spiro atoms. The highest BCUT2D eigenvalue weighted by Crippen LogP contribution is 2.19. The Kier molecular flexibility index (Phi) is 58.4. The Morgan fingerprint density at radius 1 is 0.348 bits per heavy atom. The van der Waals surface area contributed by atoms with Crippen LogP contribution in [0.2, 0.25) is 0 Å². The van der Waals surface area contributed by atoms with Gasteiger partial charge in [0.05, 0.1) is 25.4 Å². The molecule has 2 unspecified atom stereocenters. The number of esters is 1. The number of ether oxygens (including phenoxy) is 1. The number of nitrogens with one attached hydrogen (secondary N) is 1. The summed E-state index contributed by atoms with van der Waals surface area (Å²) in [6.45, 7) is 4.98. The van der Waals surface area contributed by atoms with Gasteiger partial charge in [-0.3, -0.25) is 9.59 Å². The van der Waals surface area contributed by atoms with Crippen molar-refractivity contribution in [2.75, 3.05) is 13.2 Å². The van der Waals surface area contributed by atoms with Crippen LogP contribution in [-0.2, 0) is 14.3 Å². The maximum Gasteiger partial charge on any atom is 0.305 e. The Hall–Kier alpha value is -1.14. The average molecular weight is 977 g/mol. The van der Waals surface area contributed by atoms with Crippen molar-refractivity contribution >= 4 is 11.9 Å². The Morgan fingerprint density at radius 3 is 0.884 bits per heavy atom. The SMILES string of the molecule is CCCCCCCCCCCCCCCCCCCCCCCC(O)C(CO)NC(=O)CCCCCCCCCCCCCCCCCCCCCOC(=O)CCCCCCCCCCCCCC. The van der Waals surface area contributed by atoms with E-state index in [0.717, 1.165) is 38.5 Å². The van der Waals surface area contributed by atoms with Gasteiger partial charge in [-0.25, -0.2) is 0 Å². The molecule has 0 aromatic rings. The number of unbranched alkanes of at least 4 members (excludes halogenated alkanes) is 49. The number of hydrogen-bond donors (Lipinski definition) is 3. The topological polar surface area (TPSA) is 95.9 Å². The highest BCUT2D eigenvalue weighted by molar-refractivity contribution is 5.76. The second-order valence-corrected chi connectivity index (χ2v) is 22.1. The smallest absolute Gasteiger partial charge is 0.305 e. The molecule has 6 nitrogen and oxygen atoms in total. The van der Waals surface area contributed by atoms with Gasteiger partial charge in [-0.05, 0) is 25.7 Å². The van der Waals surface area contributed by atoms with Crippen molar-refractivity contribution in [3.05, 3.63) is 0 Å². The molecule has 0 aliphatic heterocycles. The van der Waals surface area contributed by atoms with Gasteiger partial charge in [0.25, 0.3) is 0 Å². The first-order valence-corrected chi connectivity index (χ1v) is 31.8. The maximum atomic E-state index is 12.5. The van der Waals surface area contributed by atoms with Gasteiger partial charge in [0.15, 0.2) is 0 Å². The van der Waals surface area contributed by atoms with Crippen molar-refractivity contribution in [2.45, 2.75) is 379 Å². The van der Waals surface area contributed by atoms with Gasteiger partial charge < -0.3 is 20.3 Å². The van der Waals surface area contributed by atoms with Crippen molar-refractivity contribution in [3.63, 3.8) is 0 Å². The normalized spacial score (nSPS) is 12.5.